The van der Waals surface area contributed by atoms with Gasteiger partial charge >= 0.3 is 5.97 Å². The number of piperidine rings is 1. The van der Waals surface area contributed by atoms with E-state index >= 15 is 0 Å². The Morgan fingerprint density at radius 2 is 1.71 bits per heavy atom. The van der Waals surface area contributed by atoms with Gasteiger partial charge in [0.2, 0.25) is 11.3 Å². The van der Waals surface area contributed by atoms with Gasteiger partial charge in [0.05, 0.1) is 17.9 Å². The number of ether oxygens (including phenoxy) is 1. The highest BCUT2D eigenvalue weighted by atomic mass is 16.6. The van der Waals surface area contributed by atoms with Crippen molar-refractivity contribution >= 4 is 34.6 Å². The fraction of sp³-hybridized carbons (Fsp3) is 0.320. The van der Waals surface area contributed by atoms with Crippen LogP contribution in [0.4, 0.5) is 17.3 Å². The maximum atomic E-state index is 11.9. The molecule has 0 aliphatic carbocycles. The van der Waals surface area contributed by atoms with Crippen LogP contribution in [0.25, 0.3) is 11.3 Å². The minimum absolute atomic E-state index is 0.328. The molecule has 10 nitrogen and oxygen atoms in total. The van der Waals surface area contributed by atoms with Crippen LogP contribution in [0.3, 0.4) is 0 Å². The number of esters is 1. The predicted octanol–water partition coefficient (Wildman–Crippen LogP) is 4.09. The van der Waals surface area contributed by atoms with Crippen molar-refractivity contribution in [3.8, 4) is 0 Å². The zero-order valence-electron chi connectivity index (χ0n) is 19.5. The van der Waals surface area contributed by atoms with E-state index in [1.54, 1.807) is 31.2 Å². The second-order valence-electron chi connectivity index (χ2n) is 8.48. The largest absolute Gasteiger partial charge is 0.462 e. The van der Waals surface area contributed by atoms with Crippen molar-refractivity contribution in [3.05, 3.63) is 65.7 Å². The Morgan fingerprint density at radius 1 is 1.00 bits per heavy atom. The van der Waals surface area contributed by atoms with Crippen LogP contribution in [0.1, 0.15) is 35.7 Å². The third-order valence-corrected chi connectivity index (χ3v) is 6.10. The van der Waals surface area contributed by atoms with Gasteiger partial charge in [0.25, 0.3) is 0 Å². The Kier molecular flexibility index (Phi) is 6.69. The van der Waals surface area contributed by atoms with Crippen molar-refractivity contribution in [1.82, 2.24) is 20.3 Å². The first-order valence-corrected chi connectivity index (χ1v) is 11.8. The summed E-state index contributed by atoms with van der Waals surface area (Å²) in [6, 6.07) is 17.6. The average molecular weight is 474 g/mol. The van der Waals surface area contributed by atoms with Gasteiger partial charge in [0, 0.05) is 13.1 Å². The highest BCUT2D eigenvalue weighted by molar-refractivity contribution is 5.89. The molecule has 3 heterocycles. The van der Waals surface area contributed by atoms with Crippen LogP contribution in [-0.4, -0.2) is 45.9 Å². The first-order valence-electron chi connectivity index (χ1n) is 11.8. The molecule has 10 heteroatoms. The van der Waals surface area contributed by atoms with E-state index in [0.717, 1.165) is 38.0 Å². The van der Waals surface area contributed by atoms with E-state index in [9.17, 15) is 4.79 Å². The molecule has 1 aliphatic heterocycles. The molecule has 0 saturated carbocycles. The number of nitrogens with zero attached hydrogens (tertiary/aromatic N) is 5. The standard InChI is InChI=1S/C25H27N7O3/c1-2-34-25(33)19-8-10-20(11-9-19)28-29-23-24(27-22-21(26-23)30-35-31-22)32-14-12-18(13-15-32)16-17-6-4-3-5-7-17/h3-11,18,28H,2,12-16H2,1H3,(H,26,29,30). The van der Waals surface area contributed by atoms with Gasteiger partial charge in [-0.3, -0.25) is 10.9 Å². The zero-order chi connectivity index (χ0) is 24.0. The molecule has 5 rings (SSSR count). The number of hydrazine groups is 1. The van der Waals surface area contributed by atoms with Crippen molar-refractivity contribution in [2.75, 3.05) is 35.4 Å². The van der Waals surface area contributed by atoms with Gasteiger partial charge in [-0.05, 0) is 72.2 Å². The van der Waals surface area contributed by atoms with Crippen LogP contribution >= 0.6 is 0 Å². The minimum Gasteiger partial charge on any atom is -0.462 e. The molecule has 0 atom stereocenters. The Labute approximate surface area is 202 Å². The molecule has 4 aromatic rings. The van der Waals surface area contributed by atoms with Gasteiger partial charge in [-0.2, -0.15) is 4.98 Å². The lowest BCUT2D eigenvalue weighted by molar-refractivity contribution is 0.0526. The van der Waals surface area contributed by atoms with Crippen LogP contribution in [0.15, 0.2) is 59.2 Å². The molecule has 0 radical (unpaired) electrons. The summed E-state index contributed by atoms with van der Waals surface area (Å²) in [7, 11) is 0. The second kappa shape index (κ2) is 10.4. The Hall–Kier alpha value is -4.21. The van der Waals surface area contributed by atoms with Gasteiger partial charge < -0.3 is 9.64 Å². The minimum atomic E-state index is -0.347. The van der Waals surface area contributed by atoms with E-state index in [-0.39, 0.29) is 5.97 Å². The third kappa shape index (κ3) is 5.32. The van der Waals surface area contributed by atoms with E-state index in [0.29, 0.717) is 41.0 Å². The quantitative estimate of drug-likeness (QED) is 0.286. The summed E-state index contributed by atoms with van der Waals surface area (Å²) in [4.78, 5) is 23.3. The van der Waals surface area contributed by atoms with Crippen molar-refractivity contribution < 1.29 is 14.2 Å². The molecule has 0 spiro atoms. The molecule has 2 aromatic carbocycles. The molecule has 0 bridgehead atoms. The van der Waals surface area contributed by atoms with Crippen LogP contribution in [0.5, 0.6) is 0 Å². The number of carbonyl (C=O) groups excluding carboxylic acids is 1. The lowest BCUT2D eigenvalue weighted by Gasteiger charge is -2.33. The molecule has 0 amide bonds. The topological polar surface area (TPSA) is 118 Å². The van der Waals surface area contributed by atoms with E-state index in [4.69, 9.17) is 9.37 Å². The van der Waals surface area contributed by atoms with Crippen molar-refractivity contribution in [3.63, 3.8) is 0 Å². The monoisotopic (exact) mass is 473 g/mol. The lowest BCUT2D eigenvalue weighted by Crippen LogP contribution is -2.35. The van der Waals surface area contributed by atoms with Gasteiger partial charge in [0.1, 0.15) is 0 Å². The smallest absolute Gasteiger partial charge is 0.338 e. The lowest BCUT2D eigenvalue weighted by atomic mass is 9.90. The number of hydrogen-bond acceptors (Lipinski definition) is 10. The molecule has 35 heavy (non-hydrogen) atoms. The molecule has 1 fully saturated rings. The molecule has 1 aliphatic rings. The summed E-state index contributed by atoms with van der Waals surface area (Å²) in [5, 5.41) is 7.70. The number of benzene rings is 2. The molecular weight excluding hydrogens is 446 g/mol. The van der Waals surface area contributed by atoms with Crippen LogP contribution in [0, 0.1) is 5.92 Å². The molecular formula is C25H27N7O3. The second-order valence-corrected chi connectivity index (χ2v) is 8.48. The van der Waals surface area contributed by atoms with Crippen molar-refractivity contribution in [2.24, 2.45) is 5.92 Å². The number of hydrogen-bond donors (Lipinski definition) is 2. The normalized spacial score (nSPS) is 14.1. The predicted molar refractivity (Wildman–Crippen MR) is 132 cm³/mol. The fourth-order valence-electron chi connectivity index (χ4n) is 4.27. The summed E-state index contributed by atoms with van der Waals surface area (Å²) in [5.41, 5.74) is 9.59. The summed E-state index contributed by atoms with van der Waals surface area (Å²) >= 11 is 0. The number of anilines is 3. The average Bonchev–Trinajstić information content (AvgIpc) is 3.36. The number of carbonyl (C=O) groups is 1. The summed E-state index contributed by atoms with van der Waals surface area (Å²) < 4.78 is 9.86. The summed E-state index contributed by atoms with van der Waals surface area (Å²) in [5.74, 6) is 1.51. The van der Waals surface area contributed by atoms with E-state index < -0.39 is 0 Å². The fourth-order valence-corrected chi connectivity index (χ4v) is 4.27. The van der Waals surface area contributed by atoms with Crippen LogP contribution in [0.2, 0.25) is 0 Å². The first-order chi connectivity index (χ1) is 17.2. The number of fused-ring (bicyclic) bond motifs is 1. The molecule has 0 unspecified atom stereocenters. The Morgan fingerprint density at radius 3 is 2.43 bits per heavy atom. The zero-order valence-corrected chi connectivity index (χ0v) is 19.5. The summed E-state index contributed by atoms with van der Waals surface area (Å²) in [6.07, 6.45) is 3.21. The third-order valence-electron chi connectivity index (χ3n) is 6.10. The Bertz CT molecular complexity index is 1270. The number of aromatic nitrogens is 4. The maximum absolute atomic E-state index is 11.9. The maximum Gasteiger partial charge on any atom is 0.338 e. The number of nitrogens with one attached hydrogen (secondary N) is 2. The SMILES string of the molecule is CCOC(=O)c1ccc(NNc2nc3nonc3nc2N2CCC(Cc3ccccc3)CC2)cc1. The van der Waals surface area contributed by atoms with Crippen LogP contribution < -0.4 is 15.8 Å². The van der Waals surface area contributed by atoms with Crippen LogP contribution in [-0.2, 0) is 11.2 Å². The van der Waals surface area contributed by atoms with Crippen molar-refractivity contribution in [1.29, 1.82) is 0 Å². The molecule has 2 aromatic heterocycles. The highest BCUT2D eigenvalue weighted by Gasteiger charge is 2.24. The van der Waals surface area contributed by atoms with E-state index in [2.05, 4.69) is 66.4 Å². The van der Waals surface area contributed by atoms with Gasteiger partial charge in [-0.1, -0.05) is 30.3 Å². The molecule has 180 valence electrons. The number of rotatable bonds is 8. The molecule has 2 N–H and O–H groups in total. The van der Waals surface area contributed by atoms with E-state index in [1.165, 1.54) is 5.56 Å². The van der Waals surface area contributed by atoms with Gasteiger partial charge in [-0.25, -0.2) is 14.4 Å². The summed E-state index contributed by atoms with van der Waals surface area (Å²) in [6.45, 7) is 3.85. The Balaban J connectivity index is 1.28. The highest BCUT2D eigenvalue weighted by Crippen LogP contribution is 2.29. The first kappa shape index (κ1) is 22.6. The van der Waals surface area contributed by atoms with Gasteiger partial charge in [0.15, 0.2) is 11.6 Å². The van der Waals surface area contributed by atoms with E-state index in [1.807, 2.05) is 0 Å². The van der Waals surface area contributed by atoms with Gasteiger partial charge in [-0.15, -0.1) is 0 Å². The van der Waals surface area contributed by atoms with Crippen molar-refractivity contribution in [2.45, 2.75) is 26.2 Å². The molecule has 1 saturated heterocycles.